The van der Waals surface area contributed by atoms with Crippen LogP contribution in [0.4, 0.5) is 5.69 Å². The SMILES string of the molecule is Cc1cc([N+](=O)[O-])ccc1-c1ccc(C(=O)NCCCN2CCOCC2)o1. The average Bonchev–Trinajstić information content (AvgIpc) is 3.15. The van der Waals surface area contributed by atoms with Crippen molar-refractivity contribution in [2.75, 3.05) is 39.4 Å². The van der Waals surface area contributed by atoms with Gasteiger partial charge in [0.2, 0.25) is 0 Å². The van der Waals surface area contributed by atoms with Gasteiger partial charge in [-0.15, -0.1) is 0 Å². The predicted octanol–water partition coefficient (Wildman–Crippen LogP) is 2.62. The molecule has 0 unspecified atom stereocenters. The van der Waals surface area contributed by atoms with Gasteiger partial charge in [-0.2, -0.15) is 0 Å². The maximum absolute atomic E-state index is 12.2. The summed E-state index contributed by atoms with van der Waals surface area (Å²) in [7, 11) is 0. The van der Waals surface area contributed by atoms with Crippen LogP contribution in [0.5, 0.6) is 0 Å². The Morgan fingerprint density at radius 1 is 1.26 bits per heavy atom. The molecule has 1 aliphatic rings. The second kappa shape index (κ2) is 8.79. The number of amides is 1. The molecule has 8 nitrogen and oxygen atoms in total. The van der Waals surface area contributed by atoms with Crippen molar-refractivity contribution in [3.8, 4) is 11.3 Å². The normalized spacial score (nSPS) is 14.9. The summed E-state index contributed by atoms with van der Waals surface area (Å²) in [6.45, 7) is 6.68. The highest BCUT2D eigenvalue weighted by molar-refractivity contribution is 5.92. The Bertz CT molecular complexity index is 811. The summed E-state index contributed by atoms with van der Waals surface area (Å²) >= 11 is 0. The number of nitro benzene ring substituents is 1. The van der Waals surface area contributed by atoms with E-state index in [1.165, 1.54) is 12.1 Å². The number of rotatable bonds is 7. The van der Waals surface area contributed by atoms with Gasteiger partial charge in [0.15, 0.2) is 5.76 Å². The lowest BCUT2D eigenvalue weighted by Gasteiger charge is -2.26. The summed E-state index contributed by atoms with van der Waals surface area (Å²) in [4.78, 5) is 25.0. The highest BCUT2D eigenvalue weighted by Crippen LogP contribution is 2.28. The van der Waals surface area contributed by atoms with E-state index in [1.807, 2.05) is 0 Å². The Morgan fingerprint density at radius 2 is 2.04 bits per heavy atom. The molecule has 0 spiro atoms. The van der Waals surface area contributed by atoms with Crippen molar-refractivity contribution >= 4 is 11.6 Å². The molecule has 0 atom stereocenters. The summed E-state index contributed by atoms with van der Waals surface area (Å²) in [6, 6.07) is 7.88. The number of non-ortho nitro benzene ring substituents is 1. The molecule has 2 heterocycles. The van der Waals surface area contributed by atoms with Crippen molar-refractivity contribution in [1.82, 2.24) is 10.2 Å². The number of nitrogens with one attached hydrogen (secondary N) is 1. The summed E-state index contributed by atoms with van der Waals surface area (Å²) in [5.74, 6) is 0.484. The van der Waals surface area contributed by atoms with Crippen molar-refractivity contribution < 1.29 is 18.9 Å². The van der Waals surface area contributed by atoms with Gasteiger partial charge < -0.3 is 14.5 Å². The van der Waals surface area contributed by atoms with Crippen LogP contribution in [0.2, 0.25) is 0 Å². The van der Waals surface area contributed by atoms with E-state index in [0.717, 1.165) is 50.4 Å². The number of morpholine rings is 1. The largest absolute Gasteiger partial charge is 0.451 e. The summed E-state index contributed by atoms with van der Waals surface area (Å²) < 4.78 is 11.0. The fraction of sp³-hybridized carbons (Fsp3) is 0.421. The van der Waals surface area contributed by atoms with Crippen molar-refractivity contribution in [2.24, 2.45) is 0 Å². The third-order valence-electron chi connectivity index (χ3n) is 4.56. The smallest absolute Gasteiger partial charge is 0.287 e. The lowest BCUT2D eigenvalue weighted by atomic mass is 10.1. The molecule has 1 fully saturated rings. The molecule has 1 aromatic carbocycles. The minimum atomic E-state index is -0.436. The first-order valence-corrected chi connectivity index (χ1v) is 8.98. The molecule has 0 bridgehead atoms. The van der Waals surface area contributed by atoms with E-state index in [4.69, 9.17) is 9.15 Å². The fourth-order valence-corrected chi connectivity index (χ4v) is 3.06. The average molecular weight is 373 g/mol. The molecular weight excluding hydrogens is 350 g/mol. The van der Waals surface area contributed by atoms with Crippen LogP contribution in [-0.4, -0.2) is 55.1 Å². The zero-order valence-corrected chi connectivity index (χ0v) is 15.3. The molecule has 3 rings (SSSR count). The minimum Gasteiger partial charge on any atom is -0.451 e. The molecule has 1 aliphatic heterocycles. The van der Waals surface area contributed by atoms with E-state index in [0.29, 0.717) is 12.3 Å². The van der Waals surface area contributed by atoms with Gasteiger partial charge in [-0.25, -0.2) is 0 Å². The van der Waals surface area contributed by atoms with Crippen LogP contribution >= 0.6 is 0 Å². The predicted molar refractivity (Wildman–Crippen MR) is 99.7 cm³/mol. The molecule has 1 aromatic heterocycles. The molecule has 1 N–H and O–H groups in total. The lowest BCUT2D eigenvalue weighted by Crippen LogP contribution is -2.38. The number of carbonyl (C=O) groups is 1. The number of ether oxygens (including phenoxy) is 1. The van der Waals surface area contributed by atoms with E-state index < -0.39 is 4.92 Å². The molecule has 8 heteroatoms. The van der Waals surface area contributed by atoms with Crippen molar-refractivity contribution in [3.05, 3.63) is 51.8 Å². The maximum Gasteiger partial charge on any atom is 0.287 e. The van der Waals surface area contributed by atoms with E-state index in [2.05, 4.69) is 10.2 Å². The maximum atomic E-state index is 12.2. The highest BCUT2D eigenvalue weighted by Gasteiger charge is 2.15. The fourth-order valence-electron chi connectivity index (χ4n) is 3.06. The van der Waals surface area contributed by atoms with Crippen LogP contribution in [0.25, 0.3) is 11.3 Å². The highest BCUT2D eigenvalue weighted by atomic mass is 16.6. The van der Waals surface area contributed by atoms with Crippen LogP contribution in [0.3, 0.4) is 0 Å². The zero-order valence-electron chi connectivity index (χ0n) is 15.3. The van der Waals surface area contributed by atoms with Gasteiger partial charge in [0.05, 0.1) is 18.1 Å². The molecule has 0 saturated carbocycles. The molecule has 1 amide bonds. The molecule has 0 aliphatic carbocycles. The Hall–Kier alpha value is -2.71. The third kappa shape index (κ3) is 4.93. The Balaban J connectivity index is 1.53. The molecule has 0 radical (unpaired) electrons. The van der Waals surface area contributed by atoms with E-state index >= 15 is 0 Å². The van der Waals surface area contributed by atoms with Crippen molar-refractivity contribution in [1.29, 1.82) is 0 Å². The van der Waals surface area contributed by atoms with Gasteiger partial charge in [0.1, 0.15) is 5.76 Å². The van der Waals surface area contributed by atoms with E-state index in [1.54, 1.807) is 25.1 Å². The summed E-state index contributed by atoms with van der Waals surface area (Å²) in [6.07, 6.45) is 0.862. The summed E-state index contributed by atoms with van der Waals surface area (Å²) in [5.41, 5.74) is 1.48. The molecule has 27 heavy (non-hydrogen) atoms. The topological polar surface area (TPSA) is 97.8 Å². The number of furan rings is 1. The molecule has 2 aromatic rings. The van der Waals surface area contributed by atoms with Gasteiger partial charge in [0.25, 0.3) is 11.6 Å². The monoisotopic (exact) mass is 373 g/mol. The number of carbonyl (C=O) groups excluding carboxylic acids is 1. The quantitative estimate of drug-likeness (QED) is 0.455. The number of benzene rings is 1. The number of hydrogen-bond donors (Lipinski definition) is 1. The summed E-state index contributed by atoms with van der Waals surface area (Å²) in [5, 5.41) is 13.7. The Kier molecular flexibility index (Phi) is 6.20. The minimum absolute atomic E-state index is 0.0287. The lowest BCUT2D eigenvalue weighted by molar-refractivity contribution is -0.384. The van der Waals surface area contributed by atoms with E-state index in [-0.39, 0.29) is 17.4 Å². The van der Waals surface area contributed by atoms with Crippen LogP contribution in [-0.2, 0) is 4.74 Å². The first kappa shape index (κ1) is 19.1. The standard InChI is InChI=1S/C19H23N3O5/c1-14-13-15(22(24)25)3-4-16(14)17-5-6-18(27-17)19(23)20-7-2-8-21-9-11-26-12-10-21/h3-6,13H,2,7-12H2,1H3,(H,20,23). The molecule has 1 saturated heterocycles. The van der Waals surface area contributed by atoms with Crippen LogP contribution in [0.1, 0.15) is 22.5 Å². The number of nitro groups is 1. The van der Waals surface area contributed by atoms with E-state index in [9.17, 15) is 14.9 Å². The van der Waals surface area contributed by atoms with Crippen molar-refractivity contribution in [3.63, 3.8) is 0 Å². The first-order chi connectivity index (χ1) is 13.0. The van der Waals surface area contributed by atoms with Gasteiger partial charge in [-0.3, -0.25) is 19.8 Å². The van der Waals surface area contributed by atoms with Gasteiger partial charge in [-0.1, -0.05) is 0 Å². The zero-order chi connectivity index (χ0) is 19.2. The van der Waals surface area contributed by atoms with Crippen LogP contribution in [0.15, 0.2) is 34.7 Å². The molecule has 144 valence electrons. The third-order valence-corrected chi connectivity index (χ3v) is 4.56. The number of hydrogen-bond acceptors (Lipinski definition) is 6. The second-order valence-corrected chi connectivity index (χ2v) is 6.48. The Labute approximate surface area is 157 Å². The molecular formula is C19H23N3O5. The first-order valence-electron chi connectivity index (χ1n) is 8.98. The van der Waals surface area contributed by atoms with Gasteiger partial charge >= 0.3 is 0 Å². The van der Waals surface area contributed by atoms with Crippen LogP contribution < -0.4 is 5.32 Å². The van der Waals surface area contributed by atoms with Crippen LogP contribution in [0, 0.1) is 17.0 Å². The van der Waals surface area contributed by atoms with Crippen molar-refractivity contribution in [2.45, 2.75) is 13.3 Å². The number of nitrogens with zero attached hydrogens (tertiary/aromatic N) is 2. The van der Waals surface area contributed by atoms with Gasteiger partial charge in [0, 0.05) is 37.3 Å². The second-order valence-electron chi connectivity index (χ2n) is 6.48. The number of aryl methyl sites for hydroxylation is 1. The Morgan fingerprint density at radius 3 is 2.74 bits per heavy atom. The van der Waals surface area contributed by atoms with Gasteiger partial charge in [-0.05, 0) is 43.7 Å².